The van der Waals surface area contributed by atoms with E-state index in [1.165, 1.54) is 12.1 Å². The summed E-state index contributed by atoms with van der Waals surface area (Å²) in [6.07, 6.45) is 3.82. The van der Waals surface area contributed by atoms with Crippen molar-refractivity contribution in [3.63, 3.8) is 0 Å². The fraction of sp³-hybridized carbons (Fsp3) is 0.700. The van der Waals surface area contributed by atoms with Crippen molar-refractivity contribution >= 4 is 10.2 Å². The molecule has 4 rings (SSSR count). The third-order valence-corrected chi connectivity index (χ3v) is 7.53. The van der Waals surface area contributed by atoms with Crippen molar-refractivity contribution < 1.29 is 22.3 Å². The summed E-state index contributed by atoms with van der Waals surface area (Å²) in [6.45, 7) is 3.91. The normalized spacial score (nSPS) is 28.0. The summed E-state index contributed by atoms with van der Waals surface area (Å²) in [5, 5.41) is 0. The number of benzene rings is 1. The predicted octanol–water partition coefficient (Wildman–Crippen LogP) is 1.50. The first-order chi connectivity index (χ1) is 14.0. The second-order valence-electron chi connectivity index (χ2n) is 8.20. The Morgan fingerprint density at radius 1 is 0.966 bits per heavy atom. The summed E-state index contributed by atoms with van der Waals surface area (Å²) in [4.78, 5) is 2.23. The Hall–Kier alpha value is -1.10. The number of fused-ring (bicyclic) bond motifs is 1. The second kappa shape index (κ2) is 9.36. The molecule has 0 bridgehead atoms. The zero-order chi connectivity index (χ0) is 20.3. The monoisotopic (exact) mass is 427 g/mol. The molecule has 2 atom stereocenters. The minimum Gasteiger partial charge on any atom is -0.372 e. The molecular weight excluding hydrogens is 397 g/mol. The van der Waals surface area contributed by atoms with Crippen molar-refractivity contribution in [2.75, 3.05) is 39.4 Å². The molecule has 162 valence electrons. The summed E-state index contributed by atoms with van der Waals surface area (Å²) >= 11 is 0. The molecule has 0 radical (unpaired) electrons. The molecule has 1 N–H and O–H groups in total. The van der Waals surface area contributed by atoms with Crippen LogP contribution in [0.5, 0.6) is 0 Å². The molecule has 0 unspecified atom stereocenters. The van der Waals surface area contributed by atoms with Gasteiger partial charge in [0.15, 0.2) is 0 Å². The Kier molecular flexibility index (Phi) is 6.83. The van der Waals surface area contributed by atoms with Gasteiger partial charge in [-0.2, -0.15) is 17.4 Å². The molecule has 0 spiro atoms. The van der Waals surface area contributed by atoms with Crippen LogP contribution in [-0.4, -0.2) is 75.3 Å². The largest absolute Gasteiger partial charge is 0.372 e. The summed E-state index contributed by atoms with van der Waals surface area (Å²) in [5.41, 5.74) is 1.05. The van der Waals surface area contributed by atoms with Gasteiger partial charge in [-0.25, -0.2) is 4.39 Å². The molecule has 0 amide bonds. The smallest absolute Gasteiger partial charge is 0.279 e. The van der Waals surface area contributed by atoms with Crippen LogP contribution >= 0.6 is 0 Å². The van der Waals surface area contributed by atoms with E-state index < -0.39 is 10.2 Å². The minimum absolute atomic E-state index is 0.0804. The molecule has 3 aliphatic rings. The highest BCUT2D eigenvalue weighted by atomic mass is 32.2. The van der Waals surface area contributed by atoms with Crippen molar-refractivity contribution in [1.82, 2.24) is 13.9 Å². The van der Waals surface area contributed by atoms with Gasteiger partial charge >= 0.3 is 0 Å². The van der Waals surface area contributed by atoms with E-state index in [4.69, 9.17) is 9.47 Å². The second-order valence-corrected chi connectivity index (χ2v) is 9.90. The molecule has 0 saturated carbocycles. The molecule has 3 heterocycles. The van der Waals surface area contributed by atoms with Crippen LogP contribution in [0.15, 0.2) is 24.3 Å². The Bertz CT molecular complexity index is 752. The SMILES string of the molecule is O=S(=O)(NC1CO[C@H]2CN(Cc3ccc(F)cc3)C[C@@H]2OC1)N1CCCCCC1. The van der Waals surface area contributed by atoms with Gasteiger partial charge in [0, 0.05) is 32.7 Å². The zero-order valence-electron chi connectivity index (χ0n) is 16.6. The molecule has 1 aromatic carbocycles. The van der Waals surface area contributed by atoms with E-state index >= 15 is 0 Å². The van der Waals surface area contributed by atoms with Crippen molar-refractivity contribution in [3.05, 3.63) is 35.6 Å². The number of rotatable bonds is 5. The van der Waals surface area contributed by atoms with Gasteiger partial charge in [-0.3, -0.25) is 4.90 Å². The summed E-state index contributed by atoms with van der Waals surface area (Å²) in [6, 6.07) is 6.15. The van der Waals surface area contributed by atoms with E-state index in [-0.39, 0.29) is 24.1 Å². The van der Waals surface area contributed by atoms with Gasteiger partial charge in [-0.15, -0.1) is 0 Å². The van der Waals surface area contributed by atoms with Crippen LogP contribution in [0.25, 0.3) is 0 Å². The average molecular weight is 428 g/mol. The molecule has 3 saturated heterocycles. The molecule has 3 fully saturated rings. The molecule has 29 heavy (non-hydrogen) atoms. The summed E-state index contributed by atoms with van der Waals surface area (Å²) in [7, 11) is -3.52. The number of nitrogens with one attached hydrogen (secondary N) is 1. The lowest BCUT2D eigenvalue weighted by Crippen LogP contribution is -2.48. The van der Waals surface area contributed by atoms with Gasteiger partial charge < -0.3 is 9.47 Å². The maximum absolute atomic E-state index is 13.1. The summed E-state index contributed by atoms with van der Waals surface area (Å²) < 4.78 is 54.9. The number of nitrogens with zero attached hydrogens (tertiary/aromatic N) is 2. The highest BCUT2D eigenvalue weighted by Gasteiger charge is 2.38. The van der Waals surface area contributed by atoms with Crippen LogP contribution in [-0.2, 0) is 26.2 Å². The standard InChI is InChI=1S/C20H30FN3O4S/c21-17-7-5-16(6-8-17)11-23-12-19-20(13-23)28-15-18(14-27-19)22-29(25,26)24-9-3-1-2-4-10-24/h5-8,18-20,22H,1-4,9-15H2/t19-,20-/m0/s1. The average Bonchev–Trinajstić information content (AvgIpc) is 2.86. The third-order valence-electron chi connectivity index (χ3n) is 5.85. The van der Waals surface area contributed by atoms with Crippen LogP contribution < -0.4 is 4.72 Å². The quantitative estimate of drug-likeness (QED) is 0.771. The highest BCUT2D eigenvalue weighted by Crippen LogP contribution is 2.22. The molecule has 9 heteroatoms. The first kappa shape index (κ1) is 21.1. The van der Waals surface area contributed by atoms with Gasteiger partial charge in [0.2, 0.25) is 0 Å². The van der Waals surface area contributed by atoms with E-state index in [0.29, 0.717) is 45.9 Å². The molecule has 3 aliphatic heterocycles. The lowest BCUT2D eigenvalue weighted by Gasteiger charge is -2.24. The van der Waals surface area contributed by atoms with Gasteiger partial charge in [0.05, 0.1) is 31.5 Å². The van der Waals surface area contributed by atoms with Crippen LogP contribution in [0.2, 0.25) is 0 Å². The van der Waals surface area contributed by atoms with Crippen LogP contribution in [0, 0.1) is 5.82 Å². The topological polar surface area (TPSA) is 71.1 Å². The van der Waals surface area contributed by atoms with E-state index in [2.05, 4.69) is 9.62 Å². The van der Waals surface area contributed by atoms with Crippen molar-refractivity contribution in [3.8, 4) is 0 Å². The Morgan fingerprint density at radius 2 is 1.55 bits per heavy atom. The third kappa shape index (κ3) is 5.53. The lowest BCUT2D eigenvalue weighted by atomic mass is 10.2. The first-order valence-corrected chi connectivity index (χ1v) is 11.9. The number of hydrogen-bond donors (Lipinski definition) is 1. The zero-order valence-corrected chi connectivity index (χ0v) is 17.4. The molecule has 7 nitrogen and oxygen atoms in total. The molecule has 0 aromatic heterocycles. The molecule has 0 aliphatic carbocycles. The number of likely N-dealkylation sites (tertiary alicyclic amines) is 1. The fourth-order valence-corrected chi connectivity index (χ4v) is 5.72. The minimum atomic E-state index is -3.52. The number of halogens is 1. The van der Waals surface area contributed by atoms with Crippen LogP contribution in [0.4, 0.5) is 4.39 Å². The molecule has 1 aromatic rings. The maximum Gasteiger partial charge on any atom is 0.279 e. The lowest BCUT2D eigenvalue weighted by molar-refractivity contribution is -0.00461. The highest BCUT2D eigenvalue weighted by molar-refractivity contribution is 7.87. The van der Waals surface area contributed by atoms with Gasteiger partial charge in [-0.05, 0) is 30.5 Å². The van der Waals surface area contributed by atoms with Gasteiger partial charge in [-0.1, -0.05) is 25.0 Å². The molecular formula is C20H30FN3O4S. The Morgan fingerprint density at radius 3 is 2.14 bits per heavy atom. The van der Waals surface area contributed by atoms with Crippen LogP contribution in [0.3, 0.4) is 0 Å². The number of ether oxygens (including phenoxy) is 2. The van der Waals surface area contributed by atoms with Gasteiger partial charge in [0.1, 0.15) is 5.82 Å². The predicted molar refractivity (Wildman–Crippen MR) is 107 cm³/mol. The maximum atomic E-state index is 13.1. The first-order valence-electron chi connectivity index (χ1n) is 10.5. The van der Waals surface area contributed by atoms with E-state index in [1.807, 2.05) is 0 Å². The van der Waals surface area contributed by atoms with Crippen LogP contribution in [0.1, 0.15) is 31.2 Å². The number of hydrogen-bond acceptors (Lipinski definition) is 5. The Balaban J connectivity index is 1.28. The van der Waals surface area contributed by atoms with Crippen molar-refractivity contribution in [2.24, 2.45) is 0 Å². The Labute approximate surface area is 172 Å². The van der Waals surface area contributed by atoms with Crippen molar-refractivity contribution in [1.29, 1.82) is 0 Å². The van der Waals surface area contributed by atoms with E-state index in [1.54, 1.807) is 16.4 Å². The van der Waals surface area contributed by atoms with Crippen molar-refractivity contribution in [2.45, 2.75) is 50.5 Å². The van der Waals surface area contributed by atoms with Gasteiger partial charge in [0.25, 0.3) is 10.2 Å². The fourth-order valence-electron chi connectivity index (χ4n) is 4.28. The van der Waals surface area contributed by atoms with E-state index in [0.717, 1.165) is 31.2 Å². The van der Waals surface area contributed by atoms with E-state index in [9.17, 15) is 12.8 Å². The summed E-state index contributed by atoms with van der Waals surface area (Å²) in [5.74, 6) is -0.235.